The zero-order valence-electron chi connectivity index (χ0n) is 5.71. The zero-order chi connectivity index (χ0) is 8.43. The van der Waals surface area contributed by atoms with E-state index in [0.29, 0.717) is 0 Å². The first-order chi connectivity index (χ1) is 5.16. The minimum atomic E-state index is -1.23. The van der Waals surface area contributed by atoms with E-state index in [2.05, 4.69) is 5.32 Å². The lowest BCUT2D eigenvalue weighted by atomic mass is 10.1. The molecule has 1 saturated heterocycles. The molecule has 0 aromatic carbocycles. The number of nitrogens with one attached hydrogen (secondary N) is 1. The van der Waals surface area contributed by atoms with Crippen LogP contribution in [0.5, 0.6) is 0 Å². The first-order valence-corrected chi connectivity index (χ1v) is 3.22. The summed E-state index contributed by atoms with van der Waals surface area (Å²) in [6, 6.07) is -1.20. The second kappa shape index (κ2) is 2.96. The summed E-state index contributed by atoms with van der Waals surface area (Å²) in [5.74, 6) is -2.55. The lowest BCUT2D eigenvalue weighted by Gasteiger charge is -2.00. The summed E-state index contributed by atoms with van der Waals surface area (Å²) in [6.07, 6.45) is 0. The first kappa shape index (κ1) is 8.13. The average molecular weight is 161 g/mol. The third kappa shape index (κ3) is 1.37. The molecule has 1 aliphatic heterocycles. The van der Waals surface area contributed by atoms with E-state index in [0.717, 1.165) is 0 Å². The van der Waals surface area contributed by atoms with Crippen LogP contribution in [0.15, 0.2) is 0 Å². The summed E-state index contributed by atoms with van der Waals surface area (Å²) in [5, 5.41) is 10.8. The lowest BCUT2D eigenvalue weighted by Crippen LogP contribution is -2.36. The van der Waals surface area contributed by atoms with E-state index in [-0.39, 0.29) is 6.54 Å². The van der Waals surface area contributed by atoms with Gasteiger partial charge < -0.3 is 5.11 Å². The Hall–Kier alpha value is -0.970. The first-order valence-electron chi connectivity index (χ1n) is 3.22. The molecule has 11 heavy (non-hydrogen) atoms. The van der Waals surface area contributed by atoms with Crippen molar-refractivity contribution >= 4 is 11.8 Å². The van der Waals surface area contributed by atoms with Gasteiger partial charge in [-0.25, -0.2) is 0 Å². The highest BCUT2D eigenvalue weighted by Crippen LogP contribution is 2.09. The molecule has 1 fully saturated rings. The van der Waals surface area contributed by atoms with Crippen LogP contribution in [0, 0.1) is 5.92 Å². The largest absolute Gasteiger partial charge is 0.480 e. The predicted molar refractivity (Wildman–Crippen MR) is 33.9 cm³/mol. The second-order valence-corrected chi connectivity index (χ2v) is 2.43. The number of ketones is 1. The van der Waals surface area contributed by atoms with Gasteiger partial charge in [0.25, 0.3) is 0 Å². The zero-order valence-corrected chi connectivity index (χ0v) is 5.71. The van der Waals surface area contributed by atoms with Gasteiger partial charge in [-0.1, -0.05) is 0 Å². The Kier molecular flexibility index (Phi) is 2.19. The fraction of sp³-hybridized carbons (Fsp3) is 0.667. The van der Waals surface area contributed by atoms with Gasteiger partial charge in [-0.3, -0.25) is 19.3 Å². The molecule has 0 aromatic rings. The van der Waals surface area contributed by atoms with Crippen LogP contribution in [0.25, 0.3) is 0 Å². The van der Waals surface area contributed by atoms with Crippen LogP contribution in [-0.2, 0) is 9.59 Å². The van der Waals surface area contributed by atoms with Gasteiger partial charge in [0.05, 0.1) is 5.92 Å². The highest BCUT2D eigenvalue weighted by Gasteiger charge is 2.38. The number of alkyl halides is 1. The predicted octanol–water partition coefficient (Wildman–Crippen LogP) is -0.802. The fourth-order valence-corrected chi connectivity index (χ4v) is 1.04. The molecule has 0 spiro atoms. The molecule has 62 valence electrons. The Morgan fingerprint density at radius 3 is 2.73 bits per heavy atom. The second-order valence-electron chi connectivity index (χ2n) is 2.43. The molecule has 0 radical (unpaired) electrons. The van der Waals surface area contributed by atoms with Crippen LogP contribution in [0.2, 0.25) is 0 Å². The number of Topliss-reactive ketones (excluding diaryl/α,β-unsaturated/α-hetero) is 1. The number of carboxylic acids is 1. The molecule has 4 nitrogen and oxygen atoms in total. The fourth-order valence-electron chi connectivity index (χ4n) is 1.04. The minimum absolute atomic E-state index is 0.131. The van der Waals surface area contributed by atoms with Gasteiger partial charge in [0.2, 0.25) is 0 Å². The maximum Gasteiger partial charge on any atom is 0.328 e. The molecule has 2 unspecified atom stereocenters. The van der Waals surface area contributed by atoms with Gasteiger partial charge in [0, 0.05) is 6.54 Å². The molecule has 0 aliphatic carbocycles. The number of aliphatic carboxylic acids is 1. The molecular formula is C6H8FNO3. The summed E-state index contributed by atoms with van der Waals surface area (Å²) in [7, 11) is 0. The molecule has 1 heterocycles. The Bertz CT molecular complexity index is 194. The summed E-state index contributed by atoms with van der Waals surface area (Å²) in [6.45, 7) is -0.651. The van der Waals surface area contributed by atoms with Crippen LogP contribution in [0.4, 0.5) is 4.39 Å². The molecule has 0 saturated carbocycles. The van der Waals surface area contributed by atoms with Crippen molar-refractivity contribution in [2.24, 2.45) is 5.92 Å². The molecule has 0 amide bonds. The number of carbonyl (C=O) groups is 2. The number of carboxylic acid groups (broad SMARTS) is 1. The van der Waals surface area contributed by atoms with Crippen molar-refractivity contribution in [2.45, 2.75) is 6.04 Å². The topological polar surface area (TPSA) is 66.4 Å². The summed E-state index contributed by atoms with van der Waals surface area (Å²) in [5.41, 5.74) is 0. The van der Waals surface area contributed by atoms with Crippen LogP contribution in [0.3, 0.4) is 0 Å². The summed E-state index contributed by atoms with van der Waals surface area (Å²) in [4.78, 5) is 21.2. The van der Waals surface area contributed by atoms with E-state index < -0.39 is 30.4 Å². The minimum Gasteiger partial charge on any atom is -0.480 e. The quantitative estimate of drug-likeness (QED) is 0.520. The van der Waals surface area contributed by atoms with Crippen molar-refractivity contribution in [3.63, 3.8) is 0 Å². The third-order valence-electron chi connectivity index (χ3n) is 1.69. The van der Waals surface area contributed by atoms with Crippen molar-refractivity contribution in [2.75, 3.05) is 13.2 Å². The van der Waals surface area contributed by atoms with E-state index >= 15 is 0 Å². The average Bonchev–Trinajstić information content (AvgIpc) is 2.30. The maximum atomic E-state index is 11.9. The maximum absolute atomic E-state index is 11.9. The van der Waals surface area contributed by atoms with E-state index in [4.69, 9.17) is 5.11 Å². The van der Waals surface area contributed by atoms with E-state index in [9.17, 15) is 14.0 Å². The smallest absolute Gasteiger partial charge is 0.328 e. The molecule has 2 N–H and O–H groups in total. The molecule has 1 aliphatic rings. The van der Waals surface area contributed by atoms with E-state index in [1.54, 1.807) is 0 Å². The monoisotopic (exact) mass is 161 g/mol. The van der Waals surface area contributed by atoms with Gasteiger partial charge in [0.1, 0.15) is 6.67 Å². The van der Waals surface area contributed by atoms with Crippen molar-refractivity contribution in [1.82, 2.24) is 5.32 Å². The van der Waals surface area contributed by atoms with Gasteiger partial charge in [-0.15, -0.1) is 0 Å². The summed E-state index contributed by atoms with van der Waals surface area (Å²) >= 11 is 0. The van der Waals surface area contributed by atoms with Gasteiger partial charge >= 0.3 is 5.97 Å². The Labute approximate surface area is 62.4 Å². The van der Waals surface area contributed by atoms with Crippen molar-refractivity contribution in [3.05, 3.63) is 0 Å². The molecule has 1 rings (SSSR count). The number of hydrogen-bond acceptors (Lipinski definition) is 3. The van der Waals surface area contributed by atoms with E-state index in [1.807, 2.05) is 0 Å². The highest BCUT2D eigenvalue weighted by molar-refractivity contribution is 6.05. The molecule has 0 bridgehead atoms. The highest BCUT2D eigenvalue weighted by atomic mass is 19.1. The number of carbonyl (C=O) groups excluding carboxylic acids is 1. The van der Waals surface area contributed by atoms with E-state index in [1.165, 1.54) is 0 Å². The summed E-state index contributed by atoms with van der Waals surface area (Å²) < 4.78 is 11.9. The number of rotatable bonds is 2. The standard InChI is InChI=1S/C6H8FNO3/c7-1-3-2-8-4(5(3)9)6(10)11/h3-4,8H,1-2H2,(H,10,11). The number of hydrogen-bond donors (Lipinski definition) is 2. The Morgan fingerprint density at radius 1 is 1.82 bits per heavy atom. The molecule has 0 aromatic heterocycles. The Balaban J connectivity index is 2.63. The van der Waals surface area contributed by atoms with Crippen molar-refractivity contribution in [3.8, 4) is 0 Å². The molecule has 5 heteroatoms. The third-order valence-corrected chi connectivity index (χ3v) is 1.69. The van der Waals surface area contributed by atoms with Crippen molar-refractivity contribution in [1.29, 1.82) is 0 Å². The number of halogens is 1. The van der Waals surface area contributed by atoms with Gasteiger partial charge in [-0.05, 0) is 0 Å². The molecule has 2 atom stereocenters. The van der Waals surface area contributed by atoms with Crippen LogP contribution in [-0.4, -0.2) is 36.1 Å². The molecular weight excluding hydrogens is 153 g/mol. The van der Waals surface area contributed by atoms with Gasteiger partial charge in [0.15, 0.2) is 11.8 Å². The van der Waals surface area contributed by atoms with Gasteiger partial charge in [-0.2, -0.15) is 0 Å². The SMILES string of the molecule is O=C(O)C1NCC(CF)C1=O. The Morgan fingerprint density at radius 2 is 2.45 bits per heavy atom. The van der Waals surface area contributed by atoms with Crippen LogP contribution >= 0.6 is 0 Å². The lowest BCUT2D eigenvalue weighted by molar-refractivity contribution is -0.142. The van der Waals surface area contributed by atoms with Crippen LogP contribution < -0.4 is 5.32 Å². The normalized spacial score (nSPS) is 30.8. The van der Waals surface area contributed by atoms with Crippen LogP contribution in [0.1, 0.15) is 0 Å². The van der Waals surface area contributed by atoms with Crippen molar-refractivity contribution < 1.29 is 19.1 Å².